The average Bonchev–Trinajstić information content (AvgIpc) is 3.06. The third kappa shape index (κ3) is 3.26. The van der Waals surface area contributed by atoms with E-state index in [1.807, 2.05) is 18.2 Å². The smallest absolute Gasteiger partial charge is 0.253 e. The summed E-state index contributed by atoms with van der Waals surface area (Å²) < 4.78 is 25.0. The summed E-state index contributed by atoms with van der Waals surface area (Å²) in [5, 5.41) is 2.58. The molecule has 1 N–H and O–H groups in total. The molecule has 1 heterocycles. The van der Waals surface area contributed by atoms with Gasteiger partial charge in [0.25, 0.3) is 5.91 Å². The van der Waals surface area contributed by atoms with Crippen LogP contribution in [0.2, 0.25) is 0 Å². The largest absolute Gasteiger partial charge is 0.455 e. The van der Waals surface area contributed by atoms with Crippen LogP contribution in [0.1, 0.15) is 12.8 Å². The Morgan fingerprint density at radius 3 is 2.73 bits per heavy atom. The van der Waals surface area contributed by atoms with Crippen LogP contribution in [0.15, 0.2) is 48.5 Å². The second kappa shape index (κ2) is 6.58. The molecule has 0 spiro atoms. The fourth-order valence-corrected chi connectivity index (χ4v) is 2.31. The van der Waals surface area contributed by atoms with Gasteiger partial charge >= 0.3 is 0 Å². The molecule has 22 heavy (non-hydrogen) atoms. The van der Waals surface area contributed by atoms with Crippen LogP contribution < -0.4 is 10.1 Å². The van der Waals surface area contributed by atoms with E-state index < -0.39 is 11.9 Å². The van der Waals surface area contributed by atoms with Gasteiger partial charge in [-0.1, -0.05) is 24.3 Å². The van der Waals surface area contributed by atoms with Crippen LogP contribution >= 0.6 is 0 Å². The molecule has 2 aromatic carbocycles. The number of halogens is 1. The zero-order valence-electron chi connectivity index (χ0n) is 11.9. The van der Waals surface area contributed by atoms with E-state index in [1.165, 1.54) is 12.1 Å². The standard InChI is InChI=1S/C17H16FNO3/c18-13-8-4-9-14(22-12-6-2-1-3-7-12)16(13)19-17(20)15-10-5-11-21-15/h1-4,6-9,15H,5,10-11H2,(H,19,20). The van der Waals surface area contributed by atoms with Gasteiger partial charge in [0.1, 0.15) is 17.5 Å². The van der Waals surface area contributed by atoms with Gasteiger partial charge in [0.05, 0.1) is 0 Å². The molecular formula is C17H16FNO3. The van der Waals surface area contributed by atoms with Crippen molar-refractivity contribution >= 4 is 11.6 Å². The normalized spacial score (nSPS) is 17.2. The highest BCUT2D eigenvalue weighted by molar-refractivity contribution is 5.95. The van der Waals surface area contributed by atoms with Gasteiger partial charge in [-0.3, -0.25) is 4.79 Å². The first-order chi connectivity index (χ1) is 10.7. The Morgan fingerprint density at radius 1 is 1.18 bits per heavy atom. The number of hydrogen-bond acceptors (Lipinski definition) is 3. The van der Waals surface area contributed by atoms with Crippen molar-refractivity contribution in [3.8, 4) is 11.5 Å². The number of ether oxygens (including phenoxy) is 2. The molecule has 0 bridgehead atoms. The number of carbonyl (C=O) groups excluding carboxylic acids is 1. The lowest BCUT2D eigenvalue weighted by Crippen LogP contribution is -2.27. The van der Waals surface area contributed by atoms with Gasteiger partial charge in [-0.25, -0.2) is 4.39 Å². The third-order valence-electron chi connectivity index (χ3n) is 3.42. The van der Waals surface area contributed by atoms with Gasteiger partial charge in [-0.15, -0.1) is 0 Å². The Hall–Kier alpha value is -2.40. The molecule has 3 rings (SSSR count). The van der Waals surface area contributed by atoms with Crippen molar-refractivity contribution in [1.29, 1.82) is 0 Å². The molecule has 1 saturated heterocycles. The predicted molar refractivity (Wildman–Crippen MR) is 80.5 cm³/mol. The van der Waals surface area contributed by atoms with Gasteiger partial charge in [0, 0.05) is 6.61 Å². The van der Waals surface area contributed by atoms with Gasteiger partial charge in [-0.2, -0.15) is 0 Å². The highest BCUT2D eigenvalue weighted by Crippen LogP contribution is 2.32. The molecule has 5 heteroatoms. The Balaban J connectivity index is 1.81. The SMILES string of the molecule is O=C(Nc1c(F)cccc1Oc1ccccc1)C1CCCO1. The van der Waals surface area contributed by atoms with Crippen LogP contribution in [-0.2, 0) is 9.53 Å². The first-order valence-electron chi connectivity index (χ1n) is 7.18. The minimum absolute atomic E-state index is 0.0341. The maximum Gasteiger partial charge on any atom is 0.253 e. The zero-order chi connectivity index (χ0) is 15.4. The second-order valence-electron chi connectivity index (χ2n) is 5.02. The molecule has 1 fully saturated rings. The molecule has 114 valence electrons. The predicted octanol–water partition coefficient (Wildman–Crippen LogP) is 3.74. The summed E-state index contributed by atoms with van der Waals surface area (Å²) in [4.78, 5) is 12.1. The molecule has 0 radical (unpaired) electrons. The molecule has 1 aliphatic rings. The first-order valence-corrected chi connectivity index (χ1v) is 7.18. The van der Waals surface area contributed by atoms with Crippen molar-refractivity contribution in [2.24, 2.45) is 0 Å². The minimum Gasteiger partial charge on any atom is -0.455 e. The number of amides is 1. The van der Waals surface area contributed by atoms with Crippen LogP contribution in [-0.4, -0.2) is 18.6 Å². The van der Waals surface area contributed by atoms with Gasteiger partial charge < -0.3 is 14.8 Å². The van der Waals surface area contributed by atoms with Gasteiger partial charge in [-0.05, 0) is 37.1 Å². The fourth-order valence-electron chi connectivity index (χ4n) is 2.31. The van der Waals surface area contributed by atoms with Crippen LogP contribution in [0.3, 0.4) is 0 Å². The lowest BCUT2D eigenvalue weighted by molar-refractivity contribution is -0.124. The molecule has 1 unspecified atom stereocenters. The Bertz CT molecular complexity index is 654. The molecule has 4 nitrogen and oxygen atoms in total. The van der Waals surface area contributed by atoms with Crippen molar-refractivity contribution in [3.63, 3.8) is 0 Å². The van der Waals surface area contributed by atoms with E-state index in [1.54, 1.807) is 18.2 Å². The number of rotatable bonds is 4. The molecule has 0 saturated carbocycles. The summed E-state index contributed by atoms with van der Waals surface area (Å²) in [5.41, 5.74) is 0.0341. The summed E-state index contributed by atoms with van der Waals surface area (Å²) >= 11 is 0. The number of anilines is 1. The summed E-state index contributed by atoms with van der Waals surface area (Å²) in [6, 6.07) is 13.4. The summed E-state index contributed by atoms with van der Waals surface area (Å²) in [5.74, 6) is -0.0569. The van der Waals surface area contributed by atoms with Gasteiger partial charge in [0.15, 0.2) is 11.6 Å². The van der Waals surface area contributed by atoms with E-state index in [-0.39, 0.29) is 17.3 Å². The molecule has 1 atom stereocenters. The topological polar surface area (TPSA) is 47.6 Å². The molecule has 0 aromatic heterocycles. The number of benzene rings is 2. The molecular weight excluding hydrogens is 285 g/mol. The van der Waals surface area contributed by atoms with E-state index >= 15 is 0 Å². The number of para-hydroxylation sites is 2. The monoisotopic (exact) mass is 301 g/mol. The zero-order valence-corrected chi connectivity index (χ0v) is 11.9. The van der Waals surface area contributed by atoms with Crippen molar-refractivity contribution in [2.75, 3.05) is 11.9 Å². The lowest BCUT2D eigenvalue weighted by Gasteiger charge is -2.15. The third-order valence-corrected chi connectivity index (χ3v) is 3.42. The van der Waals surface area contributed by atoms with Crippen LogP contribution in [0.4, 0.5) is 10.1 Å². The van der Waals surface area contributed by atoms with E-state index in [9.17, 15) is 9.18 Å². The van der Waals surface area contributed by atoms with Crippen molar-refractivity contribution in [3.05, 3.63) is 54.3 Å². The lowest BCUT2D eigenvalue weighted by atomic mass is 10.2. The van der Waals surface area contributed by atoms with Crippen molar-refractivity contribution in [1.82, 2.24) is 0 Å². The van der Waals surface area contributed by atoms with Gasteiger partial charge in [0.2, 0.25) is 0 Å². The molecule has 0 aliphatic carbocycles. The number of carbonyl (C=O) groups is 1. The van der Waals surface area contributed by atoms with E-state index in [0.717, 1.165) is 6.42 Å². The average molecular weight is 301 g/mol. The maximum absolute atomic E-state index is 14.1. The Labute approximate surface area is 127 Å². The fraction of sp³-hybridized carbons (Fsp3) is 0.235. The van der Waals surface area contributed by atoms with Crippen LogP contribution in [0, 0.1) is 5.82 Å². The summed E-state index contributed by atoms with van der Waals surface area (Å²) in [6.45, 7) is 0.558. The maximum atomic E-state index is 14.1. The van der Waals surface area contributed by atoms with E-state index in [2.05, 4.69) is 5.32 Å². The second-order valence-corrected chi connectivity index (χ2v) is 5.02. The van der Waals surface area contributed by atoms with Crippen molar-refractivity contribution < 1.29 is 18.7 Å². The number of nitrogens with one attached hydrogen (secondary N) is 1. The Morgan fingerprint density at radius 2 is 2.00 bits per heavy atom. The quantitative estimate of drug-likeness (QED) is 0.936. The van der Waals surface area contributed by atoms with Crippen molar-refractivity contribution in [2.45, 2.75) is 18.9 Å². The minimum atomic E-state index is -0.542. The highest BCUT2D eigenvalue weighted by Gasteiger charge is 2.25. The van der Waals surface area contributed by atoms with Crippen LogP contribution in [0.5, 0.6) is 11.5 Å². The Kier molecular flexibility index (Phi) is 4.34. The highest BCUT2D eigenvalue weighted by atomic mass is 19.1. The molecule has 2 aromatic rings. The summed E-state index contributed by atoms with van der Waals surface area (Å²) in [6.07, 6.45) is 0.960. The van der Waals surface area contributed by atoms with E-state index in [4.69, 9.17) is 9.47 Å². The van der Waals surface area contributed by atoms with Crippen LogP contribution in [0.25, 0.3) is 0 Å². The molecule has 1 aliphatic heterocycles. The molecule has 1 amide bonds. The summed E-state index contributed by atoms with van der Waals surface area (Å²) in [7, 11) is 0. The first kappa shape index (κ1) is 14.5. The number of hydrogen-bond donors (Lipinski definition) is 1. The van der Waals surface area contributed by atoms with E-state index in [0.29, 0.717) is 18.8 Å².